The molecule has 0 spiro atoms. The molecule has 4 aromatic carbocycles. The van der Waals surface area contributed by atoms with E-state index in [1.807, 2.05) is 6.21 Å². The third kappa shape index (κ3) is 3.91. The molecule has 0 aliphatic heterocycles. The van der Waals surface area contributed by atoms with E-state index in [2.05, 4.69) is 85.8 Å². The SMILES string of the molecule is CCCCCOc1ccc(C=Nc2cccc3ccccc23)c2ccccc12. The van der Waals surface area contributed by atoms with Crippen LogP contribution in [0, 0.1) is 0 Å². The first-order chi connectivity index (χ1) is 13.9. The maximum absolute atomic E-state index is 6.05. The summed E-state index contributed by atoms with van der Waals surface area (Å²) in [7, 11) is 0. The number of benzene rings is 4. The van der Waals surface area contributed by atoms with Gasteiger partial charge in [0.2, 0.25) is 0 Å². The van der Waals surface area contributed by atoms with Gasteiger partial charge >= 0.3 is 0 Å². The first kappa shape index (κ1) is 18.2. The number of unbranched alkanes of at least 4 members (excludes halogenated alkanes) is 2. The fourth-order valence-electron chi connectivity index (χ4n) is 3.53. The summed E-state index contributed by atoms with van der Waals surface area (Å²) in [4.78, 5) is 4.81. The summed E-state index contributed by atoms with van der Waals surface area (Å²) < 4.78 is 6.05. The van der Waals surface area contributed by atoms with Gasteiger partial charge in [-0.2, -0.15) is 0 Å². The minimum atomic E-state index is 0.765. The van der Waals surface area contributed by atoms with Crippen molar-refractivity contribution in [2.75, 3.05) is 6.61 Å². The van der Waals surface area contributed by atoms with Crippen molar-refractivity contribution >= 4 is 33.4 Å². The fraction of sp³-hybridized carbons (Fsp3) is 0.192. The van der Waals surface area contributed by atoms with Gasteiger partial charge in [0.15, 0.2) is 0 Å². The van der Waals surface area contributed by atoms with Crippen molar-refractivity contribution in [1.29, 1.82) is 0 Å². The normalized spacial score (nSPS) is 11.5. The maximum atomic E-state index is 6.05. The average molecular weight is 367 g/mol. The Bertz CT molecular complexity index is 1110. The molecule has 0 aliphatic carbocycles. The fourth-order valence-corrected chi connectivity index (χ4v) is 3.53. The van der Waals surface area contributed by atoms with Crippen LogP contribution in [0.2, 0.25) is 0 Å². The lowest BCUT2D eigenvalue weighted by molar-refractivity contribution is 0.310. The minimum Gasteiger partial charge on any atom is -0.493 e. The van der Waals surface area contributed by atoms with Gasteiger partial charge in [0.05, 0.1) is 12.3 Å². The molecule has 140 valence electrons. The zero-order valence-corrected chi connectivity index (χ0v) is 16.3. The van der Waals surface area contributed by atoms with E-state index < -0.39 is 0 Å². The average Bonchev–Trinajstić information content (AvgIpc) is 2.76. The van der Waals surface area contributed by atoms with Crippen LogP contribution in [0.25, 0.3) is 21.5 Å². The highest BCUT2D eigenvalue weighted by molar-refractivity contribution is 6.04. The van der Waals surface area contributed by atoms with Crippen LogP contribution in [0.15, 0.2) is 83.9 Å². The van der Waals surface area contributed by atoms with E-state index in [-0.39, 0.29) is 0 Å². The molecule has 0 aromatic heterocycles. The molecule has 2 nitrogen and oxygen atoms in total. The van der Waals surface area contributed by atoms with Crippen molar-refractivity contribution in [3.05, 3.63) is 84.4 Å². The molecule has 0 heterocycles. The van der Waals surface area contributed by atoms with E-state index >= 15 is 0 Å². The van der Waals surface area contributed by atoms with Gasteiger partial charge in [0.25, 0.3) is 0 Å². The van der Waals surface area contributed by atoms with E-state index in [1.54, 1.807) is 0 Å². The Morgan fingerprint density at radius 1 is 0.750 bits per heavy atom. The Hall–Kier alpha value is -3.13. The van der Waals surface area contributed by atoms with Gasteiger partial charge in [0, 0.05) is 22.6 Å². The molecule has 0 N–H and O–H groups in total. The van der Waals surface area contributed by atoms with Crippen LogP contribution >= 0.6 is 0 Å². The van der Waals surface area contributed by atoms with Crippen LogP contribution < -0.4 is 4.74 Å². The second-order valence-electron chi connectivity index (χ2n) is 7.01. The predicted octanol–water partition coefficient (Wildman–Crippen LogP) is 7.31. The van der Waals surface area contributed by atoms with Crippen molar-refractivity contribution in [3.63, 3.8) is 0 Å². The molecule has 0 bridgehead atoms. The Morgan fingerprint density at radius 3 is 2.36 bits per heavy atom. The van der Waals surface area contributed by atoms with Crippen LogP contribution in [-0.4, -0.2) is 12.8 Å². The summed E-state index contributed by atoms with van der Waals surface area (Å²) in [6.07, 6.45) is 5.46. The molecule has 0 saturated heterocycles. The standard InChI is InChI=1S/C26H25NO/c1-2-3-8-18-28-26-17-16-21(22-12-6-7-14-24(22)26)19-27-25-15-9-11-20-10-4-5-13-23(20)25/h4-7,9-17,19H,2-3,8,18H2,1H3. The number of hydrogen-bond donors (Lipinski definition) is 0. The number of fused-ring (bicyclic) bond motifs is 2. The van der Waals surface area contributed by atoms with E-state index in [9.17, 15) is 0 Å². The molecule has 4 aromatic rings. The lowest BCUT2D eigenvalue weighted by Crippen LogP contribution is -1.98. The van der Waals surface area contributed by atoms with Gasteiger partial charge in [-0.1, -0.05) is 80.4 Å². The summed E-state index contributed by atoms with van der Waals surface area (Å²) in [5, 5.41) is 4.68. The molecular weight excluding hydrogens is 342 g/mol. The third-order valence-corrected chi connectivity index (χ3v) is 5.03. The topological polar surface area (TPSA) is 21.6 Å². The van der Waals surface area contributed by atoms with Crippen molar-refractivity contribution < 1.29 is 4.74 Å². The molecule has 0 fully saturated rings. The zero-order chi connectivity index (χ0) is 19.2. The van der Waals surface area contributed by atoms with Crippen molar-refractivity contribution in [3.8, 4) is 5.75 Å². The molecule has 0 aliphatic rings. The molecule has 0 saturated carbocycles. The van der Waals surface area contributed by atoms with E-state index in [4.69, 9.17) is 9.73 Å². The molecule has 28 heavy (non-hydrogen) atoms. The lowest BCUT2D eigenvalue weighted by atomic mass is 10.0. The van der Waals surface area contributed by atoms with E-state index in [0.29, 0.717) is 0 Å². The molecule has 0 radical (unpaired) electrons. The first-order valence-corrected chi connectivity index (χ1v) is 10.0. The monoisotopic (exact) mass is 367 g/mol. The Morgan fingerprint density at radius 2 is 1.50 bits per heavy atom. The largest absolute Gasteiger partial charge is 0.493 e. The number of hydrogen-bond acceptors (Lipinski definition) is 2. The van der Waals surface area contributed by atoms with Gasteiger partial charge in [-0.15, -0.1) is 0 Å². The van der Waals surface area contributed by atoms with Gasteiger partial charge < -0.3 is 4.74 Å². The second kappa shape index (κ2) is 8.71. The number of aliphatic imine (C=N–C) groups is 1. The second-order valence-corrected chi connectivity index (χ2v) is 7.01. The first-order valence-electron chi connectivity index (χ1n) is 10.0. The number of ether oxygens (including phenoxy) is 1. The Balaban J connectivity index is 1.66. The highest BCUT2D eigenvalue weighted by Gasteiger charge is 2.06. The van der Waals surface area contributed by atoms with Crippen molar-refractivity contribution in [1.82, 2.24) is 0 Å². The Kier molecular flexibility index (Phi) is 5.67. The van der Waals surface area contributed by atoms with Crippen molar-refractivity contribution in [2.45, 2.75) is 26.2 Å². The quantitative estimate of drug-likeness (QED) is 0.248. The molecule has 0 amide bonds. The molecular formula is C26H25NO. The maximum Gasteiger partial charge on any atom is 0.127 e. The molecule has 0 unspecified atom stereocenters. The third-order valence-electron chi connectivity index (χ3n) is 5.03. The summed E-state index contributed by atoms with van der Waals surface area (Å²) in [6.45, 7) is 2.97. The highest BCUT2D eigenvalue weighted by Crippen LogP contribution is 2.30. The van der Waals surface area contributed by atoms with Gasteiger partial charge in [-0.05, 0) is 35.4 Å². The van der Waals surface area contributed by atoms with Crippen LogP contribution in [-0.2, 0) is 0 Å². The Labute approximate surface area is 166 Å². The van der Waals surface area contributed by atoms with E-state index in [1.165, 1.54) is 29.0 Å². The van der Waals surface area contributed by atoms with E-state index in [0.717, 1.165) is 35.4 Å². The van der Waals surface area contributed by atoms with Gasteiger partial charge in [-0.3, -0.25) is 4.99 Å². The number of nitrogens with zero attached hydrogens (tertiary/aromatic N) is 1. The lowest BCUT2D eigenvalue weighted by Gasteiger charge is -2.11. The summed E-state index contributed by atoms with van der Waals surface area (Å²) >= 11 is 0. The molecule has 4 rings (SSSR count). The van der Waals surface area contributed by atoms with Gasteiger partial charge in [-0.25, -0.2) is 0 Å². The minimum absolute atomic E-state index is 0.765. The predicted molar refractivity (Wildman–Crippen MR) is 120 cm³/mol. The summed E-state index contributed by atoms with van der Waals surface area (Å²) in [5.41, 5.74) is 2.09. The number of rotatable bonds is 7. The van der Waals surface area contributed by atoms with Crippen LogP contribution in [0.4, 0.5) is 5.69 Å². The van der Waals surface area contributed by atoms with Crippen LogP contribution in [0.5, 0.6) is 5.75 Å². The van der Waals surface area contributed by atoms with Gasteiger partial charge in [0.1, 0.15) is 5.75 Å². The van der Waals surface area contributed by atoms with Crippen LogP contribution in [0.3, 0.4) is 0 Å². The molecule has 0 atom stereocenters. The highest BCUT2D eigenvalue weighted by atomic mass is 16.5. The molecule has 2 heteroatoms. The smallest absolute Gasteiger partial charge is 0.127 e. The van der Waals surface area contributed by atoms with Crippen molar-refractivity contribution in [2.24, 2.45) is 4.99 Å². The van der Waals surface area contributed by atoms with Crippen LogP contribution in [0.1, 0.15) is 31.7 Å². The summed E-state index contributed by atoms with van der Waals surface area (Å²) in [6, 6.07) is 27.2. The zero-order valence-electron chi connectivity index (χ0n) is 16.3. The summed E-state index contributed by atoms with van der Waals surface area (Å²) in [5.74, 6) is 0.953.